The molecule has 0 aliphatic heterocycles. The van der Waals surface area contributed by atoms with Crippen molar-refractivity contribution in [2.45, 2.75) is 46.1 Å². The molecule has 2 atom stereocenters. The van der Waals surface area contributed by atoms with E-state index in [-0.39, 0.29) is 6.04 Å². The van der Waals surface area contributed by atoms with Gasteiger partial charge in [-0.05, 0) is 30.4 Å². The highest BCUT2D eigenvalue weighted by Crippen LogP contribution is 2.13. The first-order valence-electron chi connectivity index (χ1n) is 6.98. The predicted octanol–water partition coefficient (Wildman–Crippen LogP) is 2.84. The molecule has 2 unspecified atom stereocenters. The van der Waals surface area contributed by atoms with Crippen LogP contribution in [0.25, 0.3) is 0 Å². The van der Waals surface area contributed by atoms with Crippen molar-refractivity contribution in [3.8, 4) is 0 Å². The van der Waals surface area contributed by atoms with Crippen LogP contribution in [0.5, 0.6) is 0 Å². The molecule has 18 heavy (non-hydrogen) atoms. The molecule has 1 rings (SSSR count). The first-order valence-corrected chi connectivity index (χ1v) is 6.98. The van der Waals surface area contributed by atoms with Crippen LogP contribution in [0.3, 0.4) is 0 Å². The van der Waals surface area contributed by atoms with E-state index in [0.29, 0.717) is 5.92 Å². The number of nitrogens with zero attached hydrogens (tertiary/aromatic N) is 2. The second-order valence-electron chi connectivity index (χ2n) is 5.29. The van der Waals surface area contributed by atoms with Crippen molar-refractivity contribution >= 4 is 5.82 Å². The molecule has 3 nitrogen and oxygen atoms in total. The lowest BCUT2D eigenvalue weighted by molar-refractivity contribution is 0.557. The van der Waals surface area contributed by atoms with E-state index in [1.807, 2.05) is 6.20 Å². The Morgan fingerprint density at radius 3 is 2.50 bits per heavy atom. The number of rotatable bonds is 7. The van der Waals surface area contributed by atoms with Gasteiger partial charge in [0.1, 0.15) is 5.82 Å². The summed E-state index contributed by atoms with van der Waals surface area (Å²) in [6.45, 7) is 7.66. The zero-order valence-corrected chi connectivity index (χ0v) is 12.2. The Labute approximate surface area is 111 Å². The molecule has 0 aliphatic carbocycles. The van der Waals surface area contributed by atoms with Gasteiger partial charge in [-0.2, -0.15) is 0 Å². The fraction of sp³-hybridized carbons (Fsp3) is 0.667. The van der Waals surface area contributed by atoms with Gasteiger partial charge >= 0.3 is 0 Å². The first kappa shape index (κ1) is 15.0. The summed E-state index contributed by atoms with van der Waals surface area (Å²) in [6.07, 6.45) is 5.08. The average molecular weight is 249 g/mol. The summed E-state index contributed by atoms with van der Waals surface area (Å²) in [4.78, 5) is 6.74. The fourth-order valence-corrected chi connectivity index (χ4v) is 1.90. The Hall–Kier alpha value is -1.09. The van der Waals surface area contributed by atoms with Crippen LogP contribution in [0.4, 0.5) is 5.82 Å². The van der Waals surface area contributed by atoms with E-state index in [1.165, 1.54) is 12.0 Å². The second kappa shape index (κ2) is 7.37. The lowest BCUT2D eigenvalue weighted by atomic mass is 10.1. The topological polar surface area (TPSA) is 42.1 Å². The lowest BCUT2D eigenvalue weighted by Crippen LogP contribution is -2.25. The van der Waals surface area contributed by atoms with Gasteiger partial charge in [-0.25, -0.2) is 4.98 Å². The third-order valence-electron chi connectivity index (χ3n) is 3.50. The van der Waals surface area contributed by atoms with Gasteiger partial charge in [0.25, 0.3) is 0 Å². The number of hydrogen-bond acceptors (Lipinski definition) is 3. The largest absolute Gasteiger partial charge is 0.359 e. The molecule has 0 aromatic carbocycles. The summed E-state index contributed by atoms with van der Waals surface area (Å²) in [5, 5.41) is 0. The monoisotopic (exact) mass is 249 g/mol. The Balaban J connectivity index is 2.59. The van der Waals surface area contributed by atoms with E-state index < -0.39 is 0 Å². The van der Waals surface area contributed by atoms with Gasteiger partial charge in [0.2, 0.25) is 0 Å². The fourth-order valence-electron chi connectivity index (χ4n) is 1.90. The van der Waals surface area contributed by atoms with Crippen LogP contribution in [0.2, 0.25) is 0 Å². The molecule has 1 aromatic rings. The molecule has 1 heterocycles. The standard InChI is InChI=1S/C15H27N3/c1-5-12(3)11-18(4)15-8-7-13(10-17-15)9-14(16)6-2/h7-8,10,12,14H,5-6,9,11,16H2,1-4H3. The Morgan fingerprint density at radius 2 is 2.00 bits per heavy atom. The van der Waals surface area contributed by atoms with Gasteiger partial charge in [-0.15, -0.1) is 0 Å². The first-order chi connectivity index (χ1) is 8.56. The Kier molecular flexibility index (Phi) is 6.13. The van der Waals surface area contributed by atoms with Gasteiger partial charge in [0.15, 0.2) is 0 Å². The average Bonchev–Trinajstić information content (AvgIpc) is 2.39. The molecular weight excluding hydrogens is 222 g/mol. The summed E-state index contributed by atoms with van der Waals surface area (Å²) in [5.41, 5.74) is 7.18. The molecule has 102 valence electrons. The second-order valence-corrected chi connectivity index (χ2v) is 5.29. The molecule has 0 aliphatic rings. The van der Waals surface area contributed by atoms with Crippen LogP contribution in [-0.4, -0.2) is 24.6 Å². The minimum absolute atomic E-state index is 0.246. The summed E-state index contributed by atoms with van der Waals surface area (Å²) in [6, 6.07) is 4.49. The zero-order chi connectivity index (χ0) is 13.5. The van der Waals surface area contributed by atoms with E-state index in [4.69, 9.17) is 5.73 Å². The third-order valence-corrected chi connectivity index (χ3v) is 3.50. The molecule has 0 amide bonds. The normalized spacial score (nSPS) is 14.3. The van der Waals surface area contributed by atoms with Crippen molar-refractivity contribution in [3.05, 3.63) is 23.9 Å². The quantitative estimate of drug-likeness (QED) is 0.808. The molecule has 0 saturated carbocycles. The lowest BCUT2D eigenvalue weighted by Gasteiger charge is -2.22. The molecule has 0 radical (unpaired) electrons. The molecule has 0 spiro atoms. The van der Waals surface area contributed by atoms with Crippen LogP contribution < -0.4 is 10.6 Å². The van der Waals surface area contributed by atoms with Crippen LogP contribution in [-0.2, 0) is 6.42 Å². The highest BCUT2D eigenvalue weighted by molar-refractivity contribution is 5.38. The molecule has 1 aromatic heterocycles. The maximum absolute atomic E-state index is 5.95. The summed E-state index contributed by atoms with van der Waals surface area (Å²) in [5.74, 6) is 1.74. The van der Waals surface area contributed by atoms with Crippen LogP contribution in [0.1, 0.15) is 39.2 Å². The van der Waals surface area contributed by atoms with E-state index >= 15 is 0 Å². The molecule has 3 heteroatoms. The van der Waals surface area contributed by atoms with Gasteiger partial charge in [0.05, 0.1) is 0 Å². The number of aromatic nitrogens is 1. The smallest absolute Gasteiger partial charge is 0.128 e. The highest BCUT2D eigenvalue weighted by Gasteiger charge is 2.07. The third kappa shape index (κ3) is 4.65. The van der Waals surface area contributed by atoms with Crippen molar-refractivity contribution in [2.75, 3.05) is 18.5 Å². The van der Waals surface area contributed by atoms with Crippen molar-refractivity contribution in [2.24, 2.45) is 11.7 Å². The molecule has 0 fully saturated rings. The van der Waals surface area contributed by atoms with Gasteiger partial charge in [-0.3, -0.25) is 0 Å². The maximum atomic E-state index is 5.95. The number of anilines is 1. The van der Waals surface area contributed by atoms with E-state index in [2.05, 4.69) is 49.8 Å². The van der Waals surface area contributed by atoms with E-state index in [9.17, 15) is 0 Å². The molecule has 0 saturated heterocycles. The van der Waals surface area contributed by atoms with Crippen LogP contribution in [0.15, 0.2) is 18.3 Å². The van der Waals surface area contributed by atoms with Crippen molar-refractivity contribution in [1.82, 2.24) is 4.98 Å². The summed E-state index contributed by atoms with van der Waals surface area (Å²) in [7, 11) is 2.10. The maximum Gasteiger partial charge on any atom is 0.128 e. The molecule has 0 bridgehead atoms. The minimum atomic E-state index is 0.246. The van der Waals surface area contributed by atoms with Crippen molar-refractivity contribution < 1.29 is 0 Å². The van der Waals surface area contributed by atoms with E-state index in [1.54, 1.807) is 0 Å². The highest BCUT2D eigenvalue weighted by atomic mass is 15.2. The molecule has 2 N–H and O–H groups in total. The Morgan fingerprint density at radius 1 is 1.28 bits per heavy atom. The van der Waals surface area contributed by atoms with Gasteiger partial charge < -0.3 is 10.6 Å². The Bertz CT molecular complexity index is 334. The van der Waals surface area contributed by atoms with Gasteiger partial charge in [-0.1, -0.05) is 33.3 Å². The minimum Gasteiger partial charge on any atom is -0.359 e. The molecular formula is C15H27N3. The van der Waals surface area contributed by atoms with Crippen LogP contribution in [0, 0.1) is 5.92 Å². The van der Waals surface area contributed by atoms with E-state index in [0.717, 1.165) is 25.2 Å². The van der Waals surface area contributed by atoms with Crippen molar-refractivity contribution in [3.63, 3.8) is 0 Å². The zero-order valence-electron chi connectivity index (χ0n) is 12.2. The SMILES string of the molecule is CCC(C)CN(C)c1ccc(CC(N)CC)cn1. The summed E-state index contributed by atoms with van der Waals surface area (Å²) >= 11 is 0. The number of nitrogens with two attached hydrogens (primary N) is 1. The number of hydrogen-bond donors (Lipinski definition) is 1. The predicted molar refractivity (Wildman–Crippen MR) is 78.9 cm³/mol. The van der Waals surface area contributed by atoms with Crippen LogP contribution >= 0.6 is 0 Å². The van der Waals surface area contributed by atoms with Crippen molar-refractivity contribution in [1.29, 1.82) is 0 Å². The van der Waals surface area contributed by atoms with Gasteiger partial charge in [0, 0.05) is 25.8 Å². The number of pyridine rings is 1. The summed E-state index contributed by atoms with van der Waals surface area (Å²) < 4.78 is 0.